The van der Waals surface area contributed by atoms with Crippen LogP contribution in [0.15, 0.2) is 6.20 Å². The molecule has 170 valence electrons. The maximum atomic E-state index is 13.4. The van der Waals surface area contributed by atoms with Gasteiger partial charge in [-0.05, 0) is 51.5 Å². The zero-order chi connectivity index (χ0) is 21.6. The Morgan fingerprint density at radius 1 is 1.06 bits per heavy atom. The van der Waals surface area contributed by atoms with E-state index in [9.17, 15) is 13.2 Å². The summed E-state index contributed by atoms with van der Waals surface area (Å²) in [5.41, 5.74) is 1.35. The smallest absolute Gasteiger partial charge is 0.353 e. The summed E-state index contributed by atoms with van der Waals surface area (Å²) in [6.45, 7) is 1.65. The van der Waals surface area contributed by atoms with Crippen LogP contribution in [0.1, 0.15) is 51.0 Å². The maximum Gasteiger partial charge on any atom is 0.391 e. The van der Waals surface area contributed by atoms with Gasteiger partial charge in [0.2, 0.25) is 11.9 Å². The number of aromatic nitrogens is 4. The van der Waals surface area contributed by atoms with Gasteiger partial charge in [-0.2, -0.15) is 18.2 Å². The highest BCUT2D eigenvalue weighted by Gasteiger charge is 2.45. The van der Waals surface area contributed by atoms with Gasteiger partial charge in [0.05, 0.1) is 18.2 Å². The number of imidazole rings is 1. The molecule has 1 aliphatic heterocycles. The van der Waals surface area contributed by atoms with Crippen molar-refractivity contribution in [2.24, 2.45) is 5.92 Å². The number of alkyl halides is 4. The molecule has 7 nitrogen and oxygen atoms in total. The average Bonchev–Trinajstić information content (AvgIpc) is 3.30. The van der Waals surface area contributed by atoms with Crippen LogP contribution in [0.5, 0.6) is 0 Å². The van der Waals surface area contributed by atoms with E-state index in [4.69, 9.17) is 16.6 Å². The van der Waals surface area contributed by atoms with E-state index in [-0.39, 0.29) is 18.9 Å². The predicted octanol–water partition coefficient (Wildman–Crippen LogP) is 4.08. The van der Waals surface area contributed by atoms with Crippen LogP contribution < -0.4 is 16.0 Å². The second kappa shape index (κ2) is 8.27. The molecule has 0 radical (unpaired) electrons. The molecule has 3 fully saturated rings. The van der Waals surface area contributed by atoms with E-state index in [1.54, 1.807) is 6.20 Å². The lowest BCUT2D eigenvalue weighted by Crippen LogP contribution is -2.39. The van der Waals surface area contributed by atoms with Crippen LogP contribution in [0.4, 0.5) is 25.1 Å². The zero-order valence-corrected chi connectivity index (χ0v) is 17.9. The fourth-order valence-electron chi connectivity index (χ4n) is 4.82. The first-order valence-electron chi connectivity index (χ1n) is 11.1. The van der Waals surface area contributed by atoms with Gasteiger partial charge in [0.25, 0.3) is 0 Å². The third kappa shape index (κ3) is 4.41. The largest absolute Gasteiger partial charge is 0.391 e. The molecule has 4 unspecified atom stereocenters. The Balaban J connectivity index is 1.44. The SMILES string of the molecule is FC(F)(F)C1CC(Cl)CC(Nc2nc3cnc(NC4CCC4)nc3n2C2CCNC2)C1. The molecule has 1 saturated heterocycles. The summed E-state index contributed by atoms with van der Waals surface area (Å²) in [4.78, 5) is 13.8. The molecule has 5 rings (SSSR count). The first kappa shape index (κ1) is 21.1. The quantitative estimate of drug-likeness (QED) is 0.587. The number of hydrogen-bond donors (Lipinski definition) is 3. The van der Waals surface area contributed by atoms with Crippen LogP contribution in [-0.4, -0.2) is 56.2 Å². The molecular formula is C20H27ClF3N7. The molecule has 2 saturated carbocycles. The Bertz CT molecular complexity index is 923. The third-order valence-electron chi connectivity index (χ3n) is 6.72. The van der Waals surface area contributed by atoms with Crippen molar-refractivity contribution >= 4 is 34.7 Å². The van der Waals surface area contributed by atoms with Crippen molar-refractivity contribution in [3.63, 3.8) is 0 Å². The van der Waals surface area contributed by atoms with Gasteiger partial charge < -0.3 is 16.0 Å². The lowest BCUT2D eigenvalue weighted by molar-refractivity contribution is -0.182. The van der Waals surface area contributed by atoms with Crippen LogP contribution >= 0.6 is 11.6 Å². The summed E-state index contributed by atoms with van der Waals surface area (Å²) in [7, 11) is 0. The van der Waals surface area contributed by atoms with E-state index in [1.165, 1.54) is 6.42 Å². The summed E-state index contributed by atoms with van der Waals surface area (Å²) < 4.78 is 42.1. The van der Waals surface area contributed by atoms with Crippen molar-refractivity contribution in [3.8, 4) is 0 Å². The highest BCUT2D eigenvalue weighted by molar-refractivity contribution is 6.20. The van der Waals surface area contributed by atoms with Gasteiger partial charge in [0, 0.05) is 24.0 Å². The van der Waals surface area contributed by atoms with Gasteiger partial charge in [-0.3, -0.25) is 4.57 Å². The van der Waals surface area contributed by atoms with Gasteiger partial charge in [0.15, 0.2) is 5.65 Å². The summed E-state index contributed by atoms with van der Waals surface area (Å²) >= 11 is 6.20. The number of anilines is 2. The minimum absolute atomic E-state index is 0.000986. The molecule has 11 heteroatoms. The monoisotopic (exact) mass is 457 g/mol. The standard InChI is InChI=1S/C20H27ClF3N7/c21-12-6-11(20(22,23)24)7-14(8-12)28-19-29-16-10-26-18(27-13-2-1-3-13)30-17(16)31(19)15-4-5-25-9-15/h10-15,25H,1-9H2,(H,28,29)(H,26,27,30). The van der Waals surface area contributed by atoms with Gasteiger partial charge in [-0.1, -0.05) is 0 Å². The van der Waals surface area contributed by atoms with Gasteiger partial charge in [-0.15, -0.1) is 11.6 Å². The lowest BCUT2D eigenvalue weighted by atomic mass is 9.85. The highest BCUT2D eigenvalue weighted by atomic mass is 35.5. The Kier molecular flexibility index (Phi) is 5.62. The Morgan fingerprint density at radius 3 is 2.58 bits per heavy atom. The van der Waals surface area contributed by atoms with E-state index in [0.717, 1.165) is 32.4 Å². The summed E-state index contributed by atoms with van der Waals surface area (Å²) in [6, 6.07) is 0.142. The van der Waals surface area contributed by atoms with Crippen LogP contribution in [0.3, 0.4) is 0 Å². The minimum atomic E-state index is -4.24. The van der Waals surface area contributed by atoms with E-state index in [1.807, 2.05) is 4.57 Å². The molecular weight excluding hydrogens is 431 g/mol. The number of nitrogens with zero attached hydrogens (tertiary/aromatic N) is 4. The third-order valence-corrected chi connectivity index (χ3v) is 7.07. The highest BCUT2D eigenvalue weighted by Crippen LogP contribution is 2.40. The maximum absolute atomic E-state index is 13.4. The molecule has 2 aromatic rings. The first-order valence-corrected chi connectivity index (χ1v) is 11.5. The molecule has 0 amide bonds. The van der Waals surface area contributed by atoms with Gasteiger partial charge in [-0.25, -0.2) is 9.97 Å². The second-order valence-corrected chi connectivity index (χ2v) is 9.63. The van der Waals surface area contributed by atoms with E-state index in [2.05, 4.69) is 25.9 Å². The van der Waals surface area contributed by atoms with Crippen molar-refractivity contribution < 1.29 is 13.2 Å². The molecule has 4 atom stereocenters. The van der Waals surface area contributed by atoms with E-state index < -0.39 is 23.5 Å². The average molecular weight is 458 g/mol. The molecule has 3 N–H and O–H groups in total. The fraction of sp³-hybridized carbons (Fsp3) is 0.750. The molecule has 2 aliphatic carbocycles. The molecule has 3 heterocycles. The normalized spacial score (nSPS) is 29.8. The molecule has 3 aliphatic rings. The van der Waals surface area contributed by atoms with Gasteiger partial charge in [0.1, 0.15) is 5.52 Å². The predicted molar refractivity (Wildman–Crippen MR) is 114 cm³/mol. The van der Waals surface area contributed by atoms with Gasteiger partial charge >= 0.3 is 6.18 Å². The summed E-state index contributed by atoms with van der Waals surface area (Å²) in [6.07, 6.45) is 2.23. The summed E-state index contributed by atoms with van der Waals surface area (Å²) in [5.74, 6) is -0.271. The van der Waals surface area contributed by atoms with Crippen LogP contribution in [-0.2, 0) is 0 Å². The Hall–Kier alpha value is -1.81. The van der Waals surface area contributed by atoms with E-state index >= 15 is 0 Å². The number of rotatable bonds is 5. The lowest BCUT2D eigenvalue weighted by Gasteiger charge is -2.34. The second-order valence-electron chi connectivity index (χ2n) is 9.01. The molecule has 0 bridgehead atoms. The molecule has 2 aromatic heterocycles. The number of hydrogen-bond acceptors (Lipinski definition) is 6. The number of nitrogens with one attached hydrogen (secondary N) is 3. The first-order chi connectivity index (χ1) is 14.9. The fourth-order valence-corrected chi connectivity index (χ4v) is 5.25. The number of fused-ring (bicyclic) bond motifs is 1. The molecule has 31 heavy (non-hydrogen) atoms. The van der Waals surface area contributed by atoms with Crippen molar-refractivity contribution in [3.05, 3.63) is 6.20 Å². The Morgan fingerprint density at radius 2 is 1.90 bits per heavy atom. The minimum Gasteiger partial charge on any atom is -0.353 e. The number of halogens is 4. The van der Waals surface area contributed by atoms with Crippen molar-refractivity contribution in [2.75, 3.05) is 23.7 Å². The van der Waals surface area contributed by atoms with E-state index in [0.29, 0.717) is 35.5 Å². The Labute approximate surface area is 183 Å². The topological polar surface area (TPSA) is 79.7 Å². The summed E-state index contributed by atoms with van der Waals surface area (Å²) in [5, 5.41) is 9.49. The molecule has 0 spiro atoms. The zero-order valence-electron chi connectivity index (χ0n) is 17.1. The van der Waals surface area contributed by atoms with Crippen molar-refractivity contribution in [1.29, 1.82) is 0 Å². The van der Waals surface area contributed by atoms with Crippen LogP contribution in [0.2, 0.25) is 0 Å². The van der Waals surface area contributed by atoms with Crippen molar-refractivity contribution in [1.82, 2.24) is 24.8 Å². The van der Waals surface area contributed by atoms with Crippen molar-refractivity contribution in [2.45, 2.75) is 74.6 Å². The van der Waals surface area contributed by atoms with Crippen LogP contribution in [0, 0.1) is 5.92 Å². The van der Waals surface area contributed by atoms with Crippen LogP contribution in [0.25, 0.3) is 11.2 Å². The molecule has 0 aromatic carbocycles.